The molecule has 0 saturated carbocycles. The fourth-order valence-electron chi connectivity index (χ4n) is 11.1. The highest BCUT2D eigenvalue weighted by Gasteiger charge is 2.37. The van der Waals surface area contributed by atoms with Crippen LogP contribution in [0.3, 0.4) is 0 Å². The first kappa shape index (κ1) is 53.3. The second-order valence-electron chi connectivity index (χ2n) is 21.4. The number of benzene rings is 10. The molecule has 8 nitrogen and oxygen atoms in total. The highest BCUT2D eigenvalue weighted by Crippen LogP contribution is 2.50. The number of rotatable bonds is 8. The summed E-state index contributed by atoms with van der Waals surface area (Å²) in [5.74, 6) is 4.00. The molecule has 2 aliphatic rings. The Morgan fingerprint density at radius 1 is 0.280 bits per heavy atom. The Hall–Kier alpha value is -9.32. The minimum atomic E-state index is -1.41. The molecule has 0 amide bonds. The number of hydrogen-bond acceptors (Lipinski definition) is 8. The zero-order chi connectivity index (χ0) is 56.4. The molecule has 2 heterocycles. The van der Waals surface area contributed by atoms with Crippen LogP contribution < -0.4 is 5.46 Å². The van der Waals surface area contributed by atoms with E-state index in [1.165, 1.54) is 44.5 Å². The van der Waals surface area contributed by atoms with Gasteiger partial charge in [0.05, 0.1) is 0 Å². The van der Waals surface area contributed by atoms with Crippen molar-refractivity contribution in [2.45, 2.75) is 38.5 Å². The lowest BCUT2D eigenvalue weighted by atomic mass is 9.75. The zero-order valence-electron chi connectivity index (χ0n) is 45.8. The average Bonchev–Trinajstić information content (AvgIpc) is 3.56. The molecule has 0 radical (unpaired) electrons. The molecular weight excluding hydrogens is 1070 g/mol. The van der Waals surface area contributed by atoms with Crippen molar-refractivity contribution >= 4 is 28.5 Å². The first-order chi connectivity index (χ1) is 39.9. The van der Waals surface area contributed by atoms with E-state index >= 15 is 0 Å². The van der Waals surface area contributed by atoms with E-state index in [0.717, 1.165) is 49.0 Å². The fraction of sp³-hybridized carbons (Fsp3) is 0.0833. The van der Waals surface area contributed by atoms with E-state index in [1.54, 1.807) is 6.07 Å². The van der Waals surface area contributed by atoms with E-state index in [0.29, 0.717) is 40.4 Å². The Morgan fingerprint density at radius 3 is 1.02 bits per heavy atom. The Labute approximate surface area is 487 Å². The predicted octanol–water partition coefficient (Wildman–Crippen LogP) is 16.2. The van der Waals surface area contributed by atoms with Crippen molar-refractivity contribution in [1.29, 1.82) is 0 Å². The van der Waals surface area contributed by atoms with Gasteiger partial charge in [0, 0.05) is 48.7 Å². The van der Waals surface area contributed by atoms with Crippen LogP contribution in [0.15, 0.2) is 259 Å². The van der Waals surface area contributed by atoms with Crippen LogP contribution in [0, 0.1) is 0 Å². The molecule has 0 bridgehead atoms. The number of fused-ring (bicyclic) bond motifs is 6. The normalized spacial score (nSPS) is 12.8. The number of aromatic nitrogens is 6. The summed E-state index contributed by atoms with van der Waals surface area (Å²) in [6, 6.07) is 86.3. The van der Waals surface area contributed by atoms with Gasteiger partial charge < -0.3 is 10.0 Å². The lowest BCUT2D eigenvalue weighted by molar-refractivity contribution is 0.425. The van der Waals surface area contributed by atoms with E-state index in [2.05, 4.69) is 127 Å². The number of halogens is 1. The summed E-state index contributed by atoms with van der Waals surface area (Å²) < 4.78 is 0.993. The maximum absolute atomic E-state index is 9.30. The van der Waals surface area contributed by atoms with Gasteiger partial charge in [-0.2, -0.15) is 0 Å². The smallest absolute Gasteiger partial charge is 0.423 e. The molecule has 0 atom stereocenters. The summed E-state index contributed by atoms with van der Waals surface area (Å²) in [4.78, 5) is 28.8. The Morgan fingerprint density at radius 2 is 0.598 bits per heavy atom. The van der Waals surface area contributed by atoms with Crippen molar-refractivity contribution in [1.82, 2.24) is 29.9 Å². The largest absolute Gasteiger partial charge is 0.488 e. The molecule has 12 aromatic rings. The molecule has 0 aliphatic heterocycles. The summed E-state index contributed by atoms with van der Waals surface area (Å²) in [5, 5.41) is 18.6. The van der Waals surface area contributed by atoms with E-state index in [9.17, 15) is 10.0 Å². The molecule has 0 saturated heterocycles. The lowest BCUT2D eigenvalue weighted by Crippen LogP contribution is -2.31. The van der Waals surface area contributed by atoms with Crippen molar-refractivity contribution in [2.75, 3.05) is 0 Å². The lowest BCUT2D eigenvalue weighted by Gasteiger charge is -2.22. The van der Waals surface area contributed by atoms with Crippen LogP contribution in [0.2, 0.25) is 0 Å². The summed E-state index contributed by atoms with van der Waals surface area (Å²) in [6.45, 7) is 8.98. The molecule has 0 fully saturated rings. The third kappa shape index (κ3) is 10.8. The highest BCUT2D eigenvalue weighted by atomic mass is 79.9. The van der Waals surface area contributed by atoms with Gasteiger partial charge in [-0.1, -0.05) is 274 Å². The second kappa shape index (κ2) is 22.7. The third-order valence-electron chi connectivity index (χ3n) is 15.4. The minimum absolute atomic E-state index is 0.0388. The van der Waals surface area contributed by atoms with E-state index in [4.69, 9.17) is 24.9 Å². The highest BCUT2D eigenvalue weighted by molar-refractivity contribution is 9.10. The van der Waals surface area contributed by atoms with Crippen LogP contribution in [-0.2, 0) is 10.8 Å². The maximum atomic E-state index is 9.30. The van der Waals surface area contributed by atoms with Gasteiger partial charge in [-0.15, -0.1) is 0 Å². The second-order valence-corrected chi connectivity index (χ2v) is 22.4. The monoisotopic (exact) mass is 1130 g/mol. The standard InChI is InChI=1S/C36H27N3.C21H14BrN3.C15H15BO2/c1-36(2)31-19-10-9-18-29(31)30-21-20-27(23-32(30)36)26-16-11-17-28(22-26)35-38-33(24-12-5-3-6-13-24)37-34(39-35)25-14-7-4-8-15-25;22-18-13-7-12-17(14-18)21-24-19(15-8-3-1-4-9-15)23-20(25-21)16-10-5-2-6-11-16;1-15(2)13-6-4-3-5-11(13)12-8-7-10(16(17)18)9-14(12)15/h3-23H,1-2H3;1-14H;3-9,17-18H,1-2H3. The minimum Gasteiger partial charge on any atom is -0.423 e. The third-order valence-corrected chi connectivity index (χ3v) is 15.9. The molecule has 10 aromatic carbocycles. The van der Waals surface area contributed by atoms with Crippen molar-refractivity contribution in [3.05, 3.63) is 282 Å². The molecule has 2 aliphatic carbocycles. The first-order valence-electron chi connectivity index (χ1n) is 27.3. The van der Waals surface area contributed by atoms with Gasteiger partial charge in [0.2, 0.25) is 0 Å². The van der Waals surface area contributed by atoms with Crippen molar-refractivity contribution < 1.29 is 10.0 Å². The Kier molecular flexibility index (Phi) is 14.7. The number of hydrogen-bond donors (Lipinski definition) is 2. The van der Waals surface area contributed by atoms with Crippen molar-refractivity contribution in [3.63, 3.8) is 0 Å². The van der Waals surface area contributed by atoms with Gasteiger partial charge in [-0.05, 0) is 85.4 Å². The van der Waals surface area contributed by atoms with Crippen LogP contribution >= 0.6 is 15.9 Å². The first-order valence-corrected chi connectivity index (χ1v) is 28.1. The molecule has 2 aromatic heterocycles. The molecule has 10 heteroatoms. The molecule has 0 spiro atoms. The summed E-state index contributed by atoms with van der Waals surface area (Å²) >= 11 is 3.52. The van der Waals surface area contributed by atoms with Crippen molar-refractivity contribution in [3.8, 4) is 102 Å². The van der Waals surface area contributed by atoms with E-state index in [1.807, 2.05) is 170 Å². The average molecular weight is 1130 g/mol. The summed E-state index contributed by atoms with van der Waals surface area (Å²) in [5.41, 5.74) is 18.9. The summed E-state index contributed by atoms with van der Waals surface area (Å²) in [6.07, 6.45) is 0. The van der Waals surface area contributed by atoms with E-state index < -0.39 is 7.12 Å². The quantitative estimate of drug-likeness (QED) is 0.145. The van der Waals surface area contributed by atoms with Crippen molar-refractivity contribution in [2.24, 2.45) is 0 Å². The molecule has 2 N–H and O–H groups in total. The molecule has 14 rings (SSSR count). The zero-order valence-corrected chi connectivity index (χ0v) is 47.4. The maximum Gasteiger partial charge on any atom is 0.488 e. The van der Waals surface area contributed by atoms with Crippen LogP contribution in [0.25, 0.3) is 102 Å². The van der Waals surface area contributed by atoms with Gasteiger partial charge in [0.1, 0.15) is 0 Å². The van der Waals surface area contributed by atoms with Gasteiger partial charge in [-0.3, -0.25) is 0 Å². The Bertz CT molecular complexity index is 4160. The molecule has 0 unspecified atom stereocenters. The van der Waals surface area contributed by atoms with Gasteiger partial charge in [0.15, 0.2) is 34.9 Å². The fourth-order valence-corrected chi connectivity index (χ4v) is 11.5. The van der Waals surface area contributed by atoms with Crippen LogP contribution in [-0.4, -0.2) is 47.1 Å². The SMILES string of the molecule is Brc1cccc(-c2nc(-c3ccccc3)nc(-c3ccccc3)n2)c1.CC1(C)c2ccccc2-c2ccc(-c3cccc(-c4nc(-c5ccccc5)nc(-c5ccccc5)n4)c3)cc21.CC1(C)c2ccccc2-c2ccc(B(O)O)cc21. The Balaban J connectivity index is 0.000000132. The van der Waals surface area contributed by atoms with Gasteiger partial charge in [-0.25, -0.2) is 29.9 Å². The number of nitrogens with zero attached hydrogens (tertiary/aromatic N) is 6. The predicted molar refractivity (Wildman–Crippen MR) is 337 cm³/mol. The molecule has 396 valence electrons. The van der Waals surface area contributed by atoms with Gasteiger partial charge >= 0.3 is 7.12 Å². The topological polar surface area (TPSA) is 118 Å². The van der Waals surface area contributed by atoms with Gasteiger partial charge in [0.25, 0.3) is 0 Å². The molecule has 82 heavy (non-hydrogen) atoms. The van der Waals surface area contributed by atoms with E-state index in [-0.39, 0.29) is 10.8 Å². The van der Waals surface area contributed by atoms with Crippen LogP contribution in [0.4, 0.5) is 0 Å². The molecular formula is C72H56BBrN6O2. The summed E-state index contributed by atoms with van der Waals surface area (Å²) in [7, 11) is -1.41. The van der Waals surface area contributed by atoms with Crippen LogP contribution in [0.1, 0.15) is 49.9 Å². The van der Waals surface area contributed by atoms with Crippen LogP contribution in [0.5, 0.6) is 0 Å².